The van der Waals surface area contributed by atoms with Crippen LogP contribution >= 0.6 is 11.6 Å². The molecule has 384 valence electrons. The lowest BCUT2D eigenvalue weighted by Crippen LogP contribution is -2.25. The Morgan fingerprint density at radius 2 is 0.816 bits per heavy atom. The highest BCUT2D eigenvalue weighted by Gasteiger charge is 2.49. The van der Waals surface area contributed by atoms with Crippen molar-refractivity contribution < 1.29 is 4.42 Å². The summed E-state index contributed by atoms with van der Waals surface area (Å²) >= 11 is 6.78. The number of rotatable bonds is 16. The zero-order valence-corrected chi connectivity index (χ0v) is 47.2. The summed E-state index contributed by atoms with van der Waals surface area (Å²) in [5.74, 6) is 0. The van der Waals surface area contributed by atoms with Crippen LogP contribution in [0.4, 0.5) is 0 Å². The lowest BCUT2D eigenvalue weighted by Gasteiger charge is -2.33. The van der Waals surface area contributed by atoms with Crippen LogP contribution in [0.2, 0.25) is 5.02 Å². The van der Waals surface area contributed by atoms with E-state index < -0.39 is 0 Å². The first-order valence-electron chi connectivity index (χ1n) is 29.3. The Morgan fingerprint density at radius 3 is 1.42 bits per heavy atom. The molecule has 1 aromatic heterocycles. The summed E-state index contributed by atoms with van der Waals surface area (Å²) in [6, 6.07) is 54.1. The van der Waals surface area contributed by atoms with Gasteiger partial charge in [0.1, 0.15) is 11.2 Å². The molecule has 76 heavy (non-hydrogen) atoms. The highest BCUT2D eigenvalue weighted by atomic mass is 35.5. The number of fused-ring (bicyclic) bond motifs is 18. The van der Waals surface area contributed by atoms with E-state index in [1.54, 1.807) is 11.1 Å². The second-order valence-electron chi connectivity index (χ2n) is 25.1. The summed E-state index contributed by atoms with van der Waals surface area (Å²) in [6.07, 6.45) is 18.4. The maximum atomic E-state index is 6.95. The molecule has 8 aromatic carbocycles. The lowest BCUT2D eigenvalue weighted by atomic mass is 9.70. The number of hydrogen-bond acceptors (Lipinski definition) is 1. The third kappa shape index (κ3) is 7.37. The van der Waals surface area contributed by atoms with Crippen LogP contribution in [-0.2, 0) is 21.7 Å². The molecule has 0 radical (unpaired) electrons. The van der Waals surface area contributed by atoms with Gasteiger partial charge in [-0.2, -0.15) is 0 Å². The first-order chi connectivity index (χ1) is 36.8. The Hall–Kier alpha value is -6.15. The molecule has 0 amide bonds. The lowest BCUT2D eigenvalue weighted by molar-refractivity contribution is 0.398. The summed E-state index contributed by atoms with van der Waals surface area (Å²) < 4.78 is 6.95. The van der Waals surface area contributed by atoms with Gasteiger partial charge in [-0.1, -0.05) is 241 Å². The molecule has 0 aliphatic heterocycles. The fraction of sp³-hybridized carbons (Fsp3) is 0.351. The minimum absolute atomic E-state index is 0.0623. The highest BCUT2D eigenvalue weighted by molar-refractivity contribution is 6.31. The molecule has 0 N–H and O–H groups in total. The fourth-order valence-electron chi connectivity index (χ4n) is 15.5. The quantitative estimate of drug-likeness (QED) is 0.0879. The molecule has 0 fully saturated rings. The van der Waals surface area contributed by atoms with E-state index in [9.17, 15) is 0 Å². The molecule has 4 aliphatic rings. The summed E-state index contributed by atoms with van der Waals surface area (Å²) in [6.45, 7) is 19.2. The molecular formula is C74H75ClO. The van der Waals surface area contributed by atoms with Gasteiger partial charge in [-0.15, -0.1) is 0 Å². The van der Waals surface area contributed by atoms with Crippen molar-refractivity contribution in [2.75, 3.05) is 0 Å². The zero-order chi connectivity index (χ0) is 52.3. The molecule has 1 heterocycles. The van der Waals surface area contributed by atoms with Crippen LogP contribution in [0.15, 0.2) is 144 Å². The van der Waals surface area contributed by atoms with Crippen molar-refractivity contribution in [2.45, 2.75) is 167 Å². The minimum Gasteiger partial charge on any atom is -0.455 e. The van der Waals surface area contributed by atoms with Crippen LogP contribution in [0.3, 0.4) is 0 Å². The van der Waals surface area contributed by atoms with E-state index in [1.165, 1.54) is 201 Å². The zero-order valence-electron chi connectivity index (χ0n) is 46.5. The van der Waals surface area contributed by atoms with Crippen molar-refractivity contribution in [3.8, 4) is 66.8 Å². The SMILES string of the molecule is CCCCCCCCC1(CCCCCCCC)c2ccccc2-c2ccc(-c3ccc4c(c3)C(C)(C)c3cc(-c5ccc6c(c5)C(C)(C)c5c7c(c8oc9ccccc9c8c5-6)-c5ccc(Cl)cc5C7(C)C)ccc3-4)cc21. The van der Waals surface area contributed by atoms with Crippen LogP contribution in [0.1, 0.15) is 190 Å². The summed E-state index contributed by atoms with van der Waals surface area (Å²) in [4.78, 5) is 0. The second kappa shape index (κ2) is 18.5. The van der Waals surface area contributed by atoms with Gasteiger partial charge < -0.3 is 4.42 Å². The smallest absolute Gasteiger partial charge is 0.144 e. The average molecular weight is 1020 g/mol. The van der Waals surface area contributed by atoms with Crippen LogP contribution in [0.25, 0.3) is 88.7 Å². The summed E-state index contributed by atoms with van der Waals surface area (Å²) in [5, 5.41) is 3.18. The second-order valence-corrected chi connectivity index (χ2v) is 25.5. The van der Waals surface area contributed by atoms with E-state index in [0.29, 0.717) is 0 Å². The van der Waals surface area contributed by atoms with Gasteiger partial charge in [0, 0.05) is 43.0 Å². The summed E-state index contributed by atoms with van der Waals surface area (Å²) in [5.41, 5.74) is 28.6. The van der Waals surface area contributed by atoms with Gasteiger partial charge in [-0.3, -0.25) is 0 Å². The number of hydrogen-bond donors (Lipinski definition) is 0. The predicted octanol–water partition coefficient (Wildman–Crippen LogP) is 22.3. The minimum atomic E-state index is -0.272. The van der Waals surface area contributed by atoms with Crippen LogP contribution in [0.5, 0.6) is 0 Å². The fourth-order valence-corrected chi connectivity index (χ4v) is 15.7. The largest absolute Gasteiger partial charge is 0.455 e. The standard InChI is InChI=1S/C74H75ClO/c1-9-11-13-15-17-23-39-74(40-24-18-16-14-12-10-2)58-27-21-19-25-51(58)54-36-31-49(44-63(54)74)47-30-35-53-52-34-29-46(41-59(52)71(3,4)60(53)42-47)48-32-37-55-61(43-48)72(5,6)68-65(55)66-57-26-20-22-28-64(57)76-70(66)67-56-38-33-50(75)45-62(56)73(7,8)69(67)68/h19-22,25-38,41-45H,9-18,23-24,39-40H2,1-8H3. The molecule has 1 nitrogen and oxygen atoms in total. The molecule has 0 saturated carbocycles. The molecule has 13 rings (SSSR count). The van der Waals surface area contributed by atoms with Crippen molar-refractivity contribution >= 4 is 33.5 Å². The molecule has 0 unspecified atom stereocenters. The number of para-hydroxylation sites is 1. The van der Waals surface area contributed by atoms with Crippen LogP contribution in [0, 0.1) is 0 Å². The van der Waals surface area contributed by atoms with Crippen LogP contribution in [-0.4, -0.2) is 0 Å². The van der Waals surface area contributed by atoms with Gasteiger partial charge in [0.05, 0.1) is 0 Å². The maximum Gasteiger partial charge on any atom is 0.144 e. The monoisotopic (exact) mass is 1010 g/mol. The third-order valence-corrected chi connectivity index (χ3v) is 19.7. The first-order valence-corrected chi connectivity index (χ1v) is 29.7. The molecule has 4 aliphatic carbocycles. The molecule has 2 heteroatoms. The van der Waals surface area contributed by atoms with Crippen molar-refractivity contribution in [1.82, 2.24) is 0 Å². The average Bonchev–Trinajstić information content (AvgIpc) is 4.29. The number of unbranched alkanes of at least 4 members (excludes halogenated alkanes) is 10. The summed E-state index contributed by atoms with van der Waals surface area (Å²) in [7, 11) is 0. The number of furan rings is 1. The maximum absolute atomic E-state index is 6.95. The Kier molecular flexibility index (Phi) is 12.0. The van der Waals surface area contributed by atoms with Gasteiger partial charge >= 0.3 is 0 Å². The normalized spacial score (nSPS) is 16.1. The number of benzene rings is 8. The van der Waals surface area contributed by atoms with E-state index in [0.717, 1.165) is 16.2 Å². The van der Waals surface area contributed by atoms with E-state index in [1.807, 2.05) is 6.07 Å². The Morgan fingerprint density at radius 1 is 0.382 bits per heavy atom. The van der Waals surface area contributed by atoms with Crippen molar-refractivity contribution in [3.63, 3.8) is 0 Å². The van der Waals surface area contributed by atoms with Crippen LogP contribution < -0.4 is 0 Å². The Labute approximate surface area is 458 Å². The predicted molar refractivity (Wildman–Crippen MR) is 324 cm³/mol. The highest BCUT2D eigenvalue weighted by Crippen LogP contribution is 2.64. The molecule has 9 aromatic rings. The van der Waals surface area contributed by atoms with E-state index in [4.69, 9.17) is 16.0 Å². The first kappa shape index (κ1) is 49.4. The molecule has 0 atom stereocenters. The van der Waals surface area contributed by atoms with Crippen molar-refractivity contribution in [1.29, 1.82) is 0 Å². The molecule has 0 bridgehead atoms. The van der Waals surface area contributed by atoms with Crippen molar-refractivity contribution in [3.05, 3.63) is 189 Å². The van der Waals surface area contributed by atoms with Gasteiger partial charge in [-0.05, 0) is 161 Å². The third-order valence-electron chi connectivity index (χ3n) is 19.5. The van der Waals surface area contributed by atoms with Gasteiger partial charge in [0.25, 0.3) is 0 Å². The number of halogens is 1. The molecule has 0 saturated heterocycles. The Bertz CT molecular complexity index is 3780. The van der Waals surface area contributed by atoms with Gasteiger partial charge in [0.15, 0.2) is 0 Å². The van der Waals surface area contributed by atoms with E-state index in [2.05, 4.69) is 189 Å². The van der Waals surface area contributed by atoms with Gasteiger partial charge in [0.2, 0.25) is 0 Å². The van der Waals surface area contributed by atoms with Crippen molar-refractivity contribution in [2.24, 2.45) is 0 Å². The topological polar surface area (TPSA) is 13.1 Å². The van der Waals surface area contributed by atoms with E-state index in [-0.39, 0.29) is 21.7 Å². The molecule has 0 spiro atoms. The van der Waals surface area contributed by atoms with Gasteiger partial charge in [-0.25, -0.2) is 0 Å². The van der Waals surface area contributed by atoms with E-state index >= 15 is 0 Å². The molecular weight excluding hydrogens is 940 g/mol. The Balaban J connectivity index is 0.856.